The Labute approximate surface area is 174 Å². The zero-order valence-electron chi connectivity index (χ0n) is 16.8. The Morgan fingerprint density at radius 2 is 2.03 bits per heavy atom. The molecule has 2 aromatic rings. The van der Waals surface area contributed by atoms with Gasteiger partial charge in [-0.3, -0.25) is 19.4 Å². The number of hydrogen-bond donors (Lipinski definition) is 0. The fraction of sp³-hybridized carbons (Fsp3) is 0.364. The Hall–Kier alpha value is -3.29. The van der Waals surface area contributed by atoms with Crippen molar-refractivity contribution in [2.24, 2.45) is 0 Å². The van der Waals surface area contributed by atoms with Crippen molar-refractivity contribution in [2.45, 2.75) is 25.9 Å². The standard InChI is InChI=1S/C22H23FN4O3/c1-15-5-7-24-12-18(15)21(29)25-8-6-19-22(30)26(14-20(28)27(19)10-9-25)13-16-3-2-4-17(23)11-16/h2-5,7,11-12,19H,6,8-10,13-14H2,1H3. The van der Waals surface area contributed by atoms with Gasteiger partial charge < -0.3 is 14.7 Å². The number of fused-ring (bicyclic) bond motifs is 1. The maximum absolute atomic E-state index is 13.5. The van der Waals surface area contributed by atoms with E-state index in [1.807, 2.05) is 6.92 Å². The van der Waals surface area contributed by atoms with Crippen molar-refractivity contribution < 1.29 is 18.8 Å². The third-order valence-corrected chi connectivity index (χ3v) is 5.72. The smallest absolute Gasteiger partial charge is 0.255 e. The predicted molar refractivity (Wildman–Crippen MR) is 107 cm³/mol. The lowest BCUT2D eigenvalue weighted by molar-refractivity contribution is -0.156. The maximum Gasteiger partial charge on any atom is 0.255 e. The van der Waals surface area contributed by atoms with Crippen LogP contribution in [0.3, 0.4) is 0 Å². The molecule has 2 aliphatic heterocycles. The van der Waals surface area contributed by atoms with Gasteiger partial charge in [-0.05, 0) is 42.7 Å². The number of halogens is 1. The highest BCUT2D eigenvalue weighted by Crippen LogP contribution is 2.22. The fourth-order valence-corrected chi connectivity index (χ4v) is 4.08. The summed E-state index contributed by atoms with van der Waals surface area (Å²) in [4.78, 5) is 47.5. The van der Waals surface area contributed by atoms with Crippen LogP contribution in [0.15, 0.2) is 42.7 Å². The predicted octanol–water partition coefficient (Wildman–Crippen LogP) is 1.61. The normalized spacial score (nSPS) is 19.5. The summed E-state index contributed by atoms with van der Waals surface area (Å²) in [6, 6.07) is 7.21. The molecule has 4 rings (SSSR count). The molecule has 3 heterocycles. The van der Waals surface area contributed by atoms with Gasteiger partial charge in [0.05, 0.1) is 5.56 Å². The minimum atomic E-state index is -0.604. The zero-order valence-corrected chi connectivity index (χ0v) is 16.8. The van der Waals surface area contributed by atoms with Crippen molar-refractivity contribution in [2.75, 3.05) is 26.2 Å². The third-order valence-electron chi connectivity index (χ3n) is 5.72. The number of benzene rings is 1. The number of pyridine rings is 1. The first-order chi connectivity index (χ1) is 14.4. The number of piperazine rings is 1. The van der Waals surface area contributed by atoms with Gasteiger partial charge in [0.15, 0.2) is 0 Å². The summed E-state index contributed by atoms with van der Waals surface area (Å²) in [6.07, 6.45) is 3.56. The Morgan fingerprint density at radius 3 is 2.80 bits per heavy atom. The molecule has 8 heteroatoms. The second kappa shape index (κ2) is 8.22. The lowest BCUT2D eigenvalue weighted by Crippen LogP contribution is -2.59. The number of hydrogen-bond acceptors (Lipinski definition) is 4. The molecule has 2 fully saturated rings. The monoisotopic (exact) mass is 410 g/mol. The van der Waals surface area contributed by atoms with E-state index >= 15 is 0 Å². The van der Waals surface area contributed by atoms with E-state index < -0.39 is 6.04 Å². The Bertz CT molecular complexity index is 996. The topological polar surface area (TPSA) is 73.8 Å². The molecule has 1 atom stereocenters. The van der Waals surface area contributed by atoms with Crippen molar-refractivity contribution in [3.63, 3.8) is 0 Å². The van der Waals surface area contributed by atoms with Crippen LogP contribution in [0.5, 0.6) is 0 Å². The summed E-state index contributed by atoms with van der Waals surface area (Å²) in [7, 11) is 0. The first-order valence-corrected chi connectivity index (χ1v) is 9.96. The molecule has 1 aromatic heterocycles. The van der Waals surface area contributed by atoms with Crippen molar-refractivity contribution >= 4 is 17.7 Å². The molecule has 30 heavy (non-hydrogen) atoms. The second-order valence-electron chi connectivity index (χ2n) is 7.70. The van der Waals surface area contributed by atoms with E-state index in [0.717, 1.165) is 5.56 Å². The molecule has 7 nitrogen and oxygen atoms in total. The lowest BCUT2D eigenvalue weighted by Gasteiger charge is -2.39. The van der Waals surface area contributed by atoms with Crippen LogP contribution < -0.4 is 0 Å². The van der Waals surface area contributed by atoms with E-state index in [2.05, 4.69) is 4.98 Å². The van der Waals surface area contributed by atoms with Gasteiger partial charge in [-0.2, -0.15) is 0 Å². The molecule has 2 saturated heterocycles. The molecule has 0 saturated carbocycles. The number of carbonyl (C=O) groups is 3. The van der Waals surface area contributed by atoms with Crippen LogP contribution in [0.25, 0.3) is 0 Å². The van der Waals surface area contributed by atoms with Gasteiger partial charge in [0.1, 0.15) is 18.4 Å². The molecule has 156 valence electrons. The van der Waals surface area contributed by atoms with E-state index in [0.29, 0.717) is 37.2 Å². The summed E-state index contributed by atoms with van der Waals surface area (Å²) in [5.41, 5.74) is 2.01. The fourth-order valence-electron chi connectivity index (χ4n) is 4.08. The first-order valence-electron chi connectivity index (χ1n) is 9.96. The molecule has 0 spiro atoms. The quantitative estimate of drug-likeness (QED) is 0.771. The molecule has 1 aromatic carbocycles. The molecule has 3 amide bonds. The van der Waals surface area contributed by atoms with E-state index in [9.17, 15) is 18.8 Å². The highest BCUT2D eigenvalue weighted by atomic mass is 19.1. The molecular formula is C22H23FN4O3. The van der Waals surface area contributed by atoms with Gasteiger partial charge in [-0.25, -0.2) is 4.39 Å². The van der Waals surface area contributed by atoms with Crippen molar-refractivity contribution in [3.8, 4) is 0 Å². The molecular weight excluding hydrogens is 387 g/mol. The number of nitrogens with zero attached hydrogens (tertiary/aromatic N) is 4. The van der Waals surface area contributed by atoms with E-state index in [-0.39, 0.29) is 36.6 Å². The van der Waals surface area contributed by atoms with E-state index in [1.54, 1.807) is 40.4 Å². The lowest BCUT2D eigenvalue weighted by atomic mass is 10.1. The minimum absolute atomic E-state index is 0.0402. The average molecular weight is 410 g/mol. The Morgan fingerprint density at radius 1 is 1.20 bits per heavy atom. The van der Waals surface area contributed by atoms with Crippen molar-refractivity contribution in [3.05, 3.63) is 65.2 Å². The molecule has 1 unspecified atom stereocenters. The number of aromatic nitrogens is 1. The maximum atomic E-state index is 13.5. The number of aryl methyl sites for hydroxylation is 1. The van der Waals surface area contributed by atoms with Gasteiger partial charge in [-0.1, -0.05) is 12.1 Å². The largest absolute Gasteiger partial charge is 0.337 e. The molecule has 2 aliphatic rings. The van der Waals surface area contributed by atoms with Gasteiger partial charge in [0, 0.05) is 38.6 Å². The molecule has 0 N–H and O–H groups in total. The van der Waals surface area contributed by atoms with Crippen LogP contribution >= 0.6 is 0 Å². The summed E-state index contributed by atoms with van der Waals surface area (Å²) in [5.74, 6) is -0.829. The highest BCUT2D eigenvalue weighted by molar-refractivity contribution is 5.97. The van der Waals surface area contributed by atoms with Crippen LogP contribution in [-0.4, -0.2) is 69.6 Å². The van der Waals surface area contributed by atoms with Crippen LogP contribution in [0, 0.1) is 12.7 Å². The number of carbonyl (C=O) groups excluding carboxylic acids is 3. The molecule has 0 radical (unpaired) electrons. The van der Waals surface area contributed by atoms with Gasteiger partial charge >= 0.3 is 0 Å². The highest BCUT2D eigenvalue weighted by Gasteiger charge is 2.41. The van der Waals surface area contributed by atoms with Crippen LogP contribution in [0.2, 0.25) is 0 Å². The summed E-state index contributed by atoms with van der Waals surface area (Å²) < 4.78 is 13.5. The van der Waals surface area contributed by atoms with Gasteiger partial charge in [0.2, 0.25) is 11.8 Å². The summed E-state index contributed by atoms with van der Waals surface area (Å²) >= 11 is 0. The molecule has 0 aliphatic carbocycles. The minimum Gasteiger partial charge on any atom is -0.337 e. The number of rotatable bonds is 3. The zero-order chi connectivity index (χ0) is 21.3. The molecule has 0 bridgehead atoms. The van der Waals surface area contributed by atoms with E-state index in [4.69, 9.17) is 0 Å². The number of amides is 3. The summed E-state index contributed by atoms with van der Waals surface area (Å²) in [5, 5.41) is 0. The first kappa shape index (κ1) is 20.0. The van der Waals surface area contributed by atoms with Crippen LogP contribution in [0.4, 0.5) is 4.39 Å². The average Bonchev–Trinajstić information content (AvgIpc) is 2.95. The SMILES string of the molecule is Cc1ccncc1C(=O)N1CCC2C(=O)N(Cc3cccc(F)c3)CC(=O)N2CC1. The van der Waals surface area contributed by atoms with Crippen molar-refractivity contribution in [1.29, 1.82) is 0 Å². The van der Waals surface area contributed by atoms with Crippen LogP contribution in [-0.2, 0) is 16.1 Å². The van der Waals surface area contributed by atoms with Crippen LogP contribution in [0.1, 0.15) is 27.9 Å². The second-order valence-corrected chi connectivity index (χ2v) is 7.70. The van der Waals surface area contributed by atoms with Gasteiger partial charge in [-0.15, -0.1) is 0 Å². The van der Waals surface area contributed by atoms with Crippen molar-refractivity contribution in [1.82, 2.24) is 19.7 Å². The Balaban J connectivity index is 1.49. The summed E-state index contributed by atoms with van der Waals surface area (Å²) in [6.45, 7) is 3.06. The Kier molecular flexibility index (Phi) is 5.48. The third kappa shape index (κ3) is 3.90. The van der Waals surface area contributed by atoms with E-state index in [1.165, 1.54) is 17.0 Å². The van der Waals surface area contributed by atoms with Gasteiger partial charge in [0.25, 0.3) is 5.91 Å².